The number of methoxy groups -OCH3 is 2. The molecule has 3 aromatic carbocycles. The lowest BCUT2D eigenvalue weighted by Gasteiger charge is -2.19. The summed E-state index contributed by atoms with van der Waals surface area (Å²) in [6, 6.07) is 16.0. The maximum Gasteiger partial charge on any atom is 0.262 e. The van der Waals surface area contributed by atoms with E-state index in [1.807, 2.05) is 12.1 Å². The number of ether oxygens (including phenoxy) is 4. The third kappa shape index (κ3) is 5.01. The highest BCUT2D eigenvalue weighted by molar-refractivity contribution is 7.92. The molecule has 1 amide bonds. The zero-order chi connectivity index (χ0) is 24.1. The van der Waals surface area contributed by atoms with E-state index < -0.39 is 10.0 Å². The molecule has 0 radical (unpaired) electrons. The SMILES string of the molecule is COc1cccc(CNC(=O)c2ccc(NS(=O)(=O)c3ccc4c(c3)OCCO4)cc2)c1OC. The van der Waals surface area contributed by atoms with Crippen LogP contribution in [0.1, 0.15) is 15.9 Å². The van der Waals surface area contributed by atoms with Gasteiger partial charge in [0.15, 0.2) is 23.0 Å². The van der Waals surface area contributed by atoms with E-state index in [9.17, 15) is 13.2 Å². The van der Waals surface area contributed by atoms with E-state index in [2.05, 4.69) is 10.0 Å². The van der Waals surface area contributed by atoms with Crippen LogP contribution >= 0.6 is 0 Å². The summed E-state index contributed by atoms with van der Waals surface area (Å²) in [6.07, 6.45) is 0. The van der Waals surface area contributed by atoms with Gasteiger partial charge in [0.05, 0.1) is 19.1 Å². The normalized spacial score (nSPS) is 12.5. The molecular formula is C24H24N2O7S. The molecule has 178 valence electrons. The van der Waals surface area contributed by atoms with Crippen molar-refractivity contribution in [3.63, 3.8) is 0 Å². The number of rotatable bonds is 8. The number of nitrogens with one attached hydrogen (secondary N) is 2. The fraction of sp³-hybridized carbons (Fsp3) is 0.208. The molecule has 10 heteroatoms. The molecule has 0 saturated heterocycles. The molecule has 0 aromatic heterocycles. The van der Waals surface area contributed by atoms with Crippen LogP contribution in [0.5, 0.6) is 23.0 Å². The minimum Gasteiger partial charge on any atom is -0.493 e. The first kappa shape index (κ1) is 23.2. The molecule has 0 unspecified atom stereocenters. The fourth-order valence-electron chi connectivity index (χ4n) is 3.47. The highest BCUT2D eigenvalue weighted by Crippen LogP contribution is 2.33. The number of fused-ring (bicyclic) bond motifs is 1. The zero-order valence-corrected chi connectivity index (χ0v) is 19.5. The largest absolute Gasteiger partial charge is 0.493 e. The fourth-order valence-corrected chi connectivity index (χ4v) is 4.54. The molecule has 0 spiro atoms. The van der Waals surface area contributed by atoms with Gasteiger partial charge in [0.1, 0.15) is 13.2 Å². The summed E-state index contributed by atoms with van der Waals surface area (Å²) in [5.74, 6) is 1.70. The van der Waals surface area contributed by atoms with Crippen LogP contribution in [-0.4, -0.2) is 41.8 Å². The van der Waals surface area contributed by atoms with Gasteiger partial charge in [-0.3, -0.25) is 9.52 Å². The van der Waals surface area contributed by atoms with Crippen LogP contribution in [0.15, 0.2) is 65.6 Å². The van der Waals surface area contributed by atoms with Gasteiger partial charge in [0, 0.05) is 29.4 Å². The summed E-state index contributed by atoms with van der Waals surface area (Å²) in [6.45, 7) is 1.01. The Morgan fingerprint density at radius 2 is 1.68 bits per heavy atom. The van der Waals surface area contributed by atoms with Crippen molar-refractivity contribution in [2.75, 3.05) is 32.2 Å². The van der Waals surface area contributed by atoms with Crippen molar-refractivity contribution in [3.8, 4) is 23.0 Å². The van der Waals surface area contributed by atoms with Crippen molar-refractivity contribution in [2.45, 2.75) is 11.4 Å². The highest BCUT2D eigenvalue weighted by atomic mass is 32.2. The molecule has 1 aliphatic heterocycles. The number of carbonyl (C=O) groups is 1. The molecule has 3 aromatic rings. The summed E-state index contributed by atoms with van der Waals surface area (Å²) in [4.78, 5) is 12.6. The van der Waals surface area contributed by atoms with Gasteiger partial charge in [0.2, 0.25) is 0 Å². The Kier molecular flexibility index (Phi) is 6.78. The van der Waals surface area contributed by atoms with Crippen molar-refractivity contribution >= 4 is 21.6 Å². The van der Waals surface area contributed by atoms with Gasteiger partial charge in [0.25, 0.3) is 15.9 Å². The van der Waals surface area contributed by atoms with Crippen LogP contribution < -0.4 is 29.0 Å². The van der Waals surface area contributed by atoms with Gasteiger partial charge in [-0.25, -0.2) is 8.42 Å². The topological polar surface area (TPSA) is 112 Å². The first-order valence-electron chi connectivity index (χ1n) is 10.4. The minimum absolute atomic E-state index is 0.0470. The van der Waals surface area contributed by atoms with E-state index in [-0.39, 0.29) is 17.3 Å². The van der Waals surface area contributed by atoms with Crippen molar-refractivity contribution in [3.05, 3.63) is 71.8 Å². The van der Waals surface area contributed by atoms with Crippen LogP contribution in [0.2, 0.25) is 0 Å². The molecular weight excluding hydrogens is 460 g/mol. The number of benzene rings is 3. The Balaban J connectivity index is 1.41. The third-order valence-electron chi connectivity index (χ3n) is 5.15. The maximum absolute atomic E-state index is 12.8. The number of anilines is 1. The van der Waals surface area contributed by atoms with E-state index in [1.54, 1.807) is 31.4 Å². The number of hydrogen-bond acceptors (Lipinski definition) is 7. The number of para-hydroxylation sites is 1. The van der Waals surface area contributed by atoms with Crippen LogP contribution in [0, 0.1) is 0 Å². The smallest absolute Gasteiger partial charge is 0.262 e. The second kappa shape index (κ2) is 9.92. The number of amides is 1. The summed E-state index contributed by atoms with van der Waals surface area (Å²) >= 11 is 0. The van der Waals surface area contributed by atoms with Gasteiger partial charge < -0.3 is 24.3 Å². The summed E-state index contributed by atoms with van der Waals surface area (Å²) < 4.78 is 49.6. The van der Waals surface area contributed by atoms with Crippen molar-refractivity contribution in [1.82, 2.24) is 5.32 Å². The summed E-state index contributed by atoms with van der Waals surface area (Å²) in [5.41, 5.74) is 1.46. The second-order valence-corrected chi connectivity index (χ2v) is 9.01. The molecule has 0 fully saturated rings. The van der Waals surface area contributed by atoms with E-state index in [0.29, 0.717) is 47.5 Å². The minimum atomic E-state index is -3.85. The molecule has 34 heavy (non-hydrogen) atoms. The predicted molar refractivity (Wildman–Crippen MR) is 125 cm³/mol. The van der Waals surface area contributed by atoms with Gasteiger partial charge in [-0.05, 0) is 42.5 Å². The summed E-state index contributed by atoms with van der Waals surface area (Å²) in [5, 5.41) is 2.82. The molecule has 2 N–H and O–H groups in total. The summed E-state index contributed by atoms with van der Waals surface area (Å²) in [7, 11) is -0.771. The average Bonchev–Trinajstić information content (AvgIpc) is 2.86. The van der Waals surface area contributed by atoms with E-state index in [1.165, 1.54) is 31.4 Å². The monoisotopic (exact) mass is 484 g/mol. The quantitative estimate of drug-likeness (QED) is 0.505. The Morgan fingerprint density at radius 1 is 0.941 bits per heavy atom. The predicted octanol–water partition coefficient (Wildman–Crippen LogP) is 3.21. The van der Waals surface area contributed by atoms with Gasteiger partial charge in [-0.1, -0.05) is 12.1 Å². The standard InChI is InChI=1S/C24H24N2O7S/c1-30-21-5-3-4-17(23(21)31-2)15-25-24(27)16-6-8-18(9-7-16)26-34(28,29)19-10-11-20-22(14-19)33-13-12-32-20/h3-11,14,26H,12-13,15H2,1-2H3,(H,25,27). The molecule has 0 atom stereocenters. The lowest BCUT2D eigenvalue weighted by molar-refractivity contribution is 0.0950. The Labute approximate surface area is 197 Å². The third-order valence-corrected chi connectivity index (χ3v) is 6.53. The molecule has 1 heterocycles. The van der Waals surface area contributed by atoms with Crippen LogP contribution in [0.3, 0.4) is 0 Å². The van der Waals surface area contributed by atoms with Gasteiger partial charge in [-0.2, -0.15) is 0 Å². The van der Waals surface area contributed by atoms with E-state index >= 15 is 0 Å². The number of hydrogen-bond donors (Lipinski definition) is 2. The Morgan fingerprint density at radius 3 is 2.38 bits per heavy atom. The Hall–Kier alpha value is -3.92. The molecule has 0 saturated carbocycles. The van der Waals surface area contributed by atoms with E-state index in [0.717, 1.165) is 5.56 Å². The van der Waals surface area contributed by atoms with Crippen molar-refractivity contribution in [1.29, 1.82) is 0 Å². The number of carbonyl (C=O) groups excluding carboxylic acids is 1. The highest BCUT2D eigenvalue weighted by Gasteiger charge is 2.20. The van der Waals surface area contributed by atoms with Crippen molar-refractivity contribution in [2.24, 2.45) is 0 Å². The van der Waals surface area contributed by atoms with E-state index in [4.69, 9.17) is 18.9 Å². The Bertz CT molecular complexity index is 1290. The molecule has 4 rings (SSSR count). The first-order valence-corrected chi connectivity index (χ1v) is 11.9. The van der Waals surface area contributed by atoms with Gasteiger partial charge >= 0.3 is 0 Å². The van der Waals surface area contributed by atoms with Crippen LogP contribution in [0.4, 0.5) is 5.69 Å². The lowest BCUT2D eigenvalue weighted by atomic mass is 10.1. The average molecular weight is 485 g/mol. The molecule has 0 aliphatic carbocycles. The van der Waals surface area contributed by atoms with Crippen LogP contribution in [-0.2, 0) is 16.6 Å². The maximum atomic E-state index is 12.8. The molecule has 1 aliphatic rings. The molecule has 0 bridgehead atoms. The second-order valence-electron chi connectivity index (χ2n) is 7.32. The lowest BCUT2D eigenvalue weighted by Crippen LogP contribution is -2.23. The molecule has 9 nitrogen and oxygen atoms in total. The van der Waals surface area contributed by atoms with Crippen LogP contribution in [0.25, 0.3) is 0 Å². The first-order chi connectivity index (χ1) is 16.4. The number of sulfonamides is 1. The van der Waals surface area contributed by atoms with Gasteiger partial charge in [-0.15, -0.1) is 0 Å². The zero-order valence-electron chi connectivity index (χ0n) is 18.7. The van der Waals surface area contributed by atoms with Crippen molar-refractivity contribution < 1.29 is 32.2 Å².